The lowest BCUT2D eigenvalue weighted by Crippen LogP contribution is -2.07. The van der Waals surface area contributed by atoms with Crippen LogP contribution in [-0.4, -0.2) is 11.9 Å². The number of hydrogen-bond donors (Lipinski definition) is 1. The van der Waals surface area contributed by atoms with Crippen LogP contribution in [0.3, 0.4) is 0 Å². The Bertz CT molecular complexity index is 1130. The number of ether oxygens (including phenoxy) is 1. The molecule has 3 aromatic rings. The summed E-state index contributed by atoms with van der Waals surface area (Å²) >= 11 is 3.37. The number of anilines is 1. The number of nitrogens with one attached hydrogen (secondary N) is 1. The summed E-state index contributed by atoms with van der Waals surface area (Å²) < 4.78 is 11.3. The molecule has 1 N–H and O–H groups in total. The maximum Gasteiger partial charge on any atom is 0.336 e. The molecule has 0 unspecified atom stereocenters. The molecule has 0 spiro atoms. The maximum absolute atomic E-state index is 12.0. The third kappa shape index (κ3) is 5.17. The van der Waals surface area contributed by atoms with E-state index in [2.05, 4.69) is 21.2 Å². The molecule has 3 rings (SSSR count). The van der Waals surface area contributed by atoms with E-state index in [0.717, 1.165) is 10.0 Å². The van der Waals surface area contributed by atoms with Gasteiger partial charge in [0.1, 0.15) is 12.2 Å². The molecule has 0 aliphatic rings. The van der Waals surface area contributed by atoms with Gasteiger partial charge in [-0.2, -0.15) is 0 Å². The molecule has 0 fully saturated rings. The minimum absolute atomic E-state index is 0.0801. The number of carbonyl (C=O) groups excluding carboxylic acids is 2. The lowest BCUT2D eigenvalue weighted by Gasteiger charge is -2.08. The van der Waals surface area contributed by atoms with Crippen molar-refractivity contribution in [2.75, 3.05) is 5.32 Å². The van der Waals surface area contributed by atoms with E-state index in [-0.39, 0.29) is 12.5 Å². The Morgan fingerprint density at radius 2 is 2.00 bits per heavy atom. The number of hydrogen-bond acceptors (Lipinski definition) is 5. The second kappa shape index (κ2) is 8.67. The van der Waals surface area contributed by atoms with E-state index in [0.29, 0.717) is 22.2 Å². The number of esters is 1. The van der Waals surface area contributed by atoms with Crippen LogP contribution in [0.15, 0.2) is 68.3 Å². The van der Waals surface area contributed by atoms with Crippen LogP contribution in [-0.2, 0) is 20.9 Å². The van der Waals surface area contributed by atoms with E-state index in [1.165, 1.54) is 19.1 Å². The molecular weight excluding hydrogens is 426 g/mol. The molecule has 0 atom stereocenters. The predicted octanol–water partition coefficient (Wildman–Crippen LogP) is 4.27. The minimum Gasteiger partial charge on any atom is -0.458 e. The number of amides is 1. The molecule has 1 aromatic heterocycles. The molecule has 2 aromatic carbocycles. The van der Waals surface area contributed by atoms with Crippen molar-refractivity contribution in [3.05, 3.63) is 80.6 Å². The summed E-state index contributed by atoms with van der Waals surface area (Å²) in [6.07, 6.45) is 2.97. The zero-order valence-corrected chi connectivity index (χ0v) is 16.5. The number of carbonyl (C=O) groups is 2. The molecule has 28 heavy (non-hydrogen) atoms. The number of halogens is 1. The Labute approximate surface area is 168 Å². The fraction of sp³-hybridized carbons (Fsp3) is 0.0952. The molecule has 6 nitrogen and oxygen atoms in total. The van der Waals surface area contributed by atoms with Crippen LogP contribution in [0.4, 0.5) is 5.69 Å². The van der Waals surface area contributed by atoms with Gasteiger partial charge in [-0.05, 0) is 35.9 Å². The molecule has 1 amide bonds. The highest BCUT2D eigenvalue weighted by Crippen LogP contribution is 2.22. The third-order valence-electron chi connectivity index (χ3n) is 3.78. The van der Waals surface area contributed by atoms with Crippen molar-refractivity contribution in [1.29, 1.82) is 0 Å². The van der Waals surface area contributed by atoms with Crippen LogP contribution in [0.2, 0.25) is 0 Å². The summed E-state index contributed by atoms with van der Waals surface area (Å²) in [6, 6.07) is 13.7. The molecule has 0 aliphatic heterocycles. The van der Waals surface area contributed by atoms with Gasteiger partial charge in [0.2, 0.25) is 5.91 Å². The molecule has 0 bridgehead atoms. The highest BCUT2D eigenvalue weighted by molar-refractivity contribution is 9.10. The van der Waals surface area contributed by atoms with E-state index < -0.39 is 11.6 Å². The highest BCUT2D eigenvalue weighted by Gasteiger charge is 2.09. The van der Waals surface area contributed by atoms with Crippen molar-refractivity contribution >= 4 is 50.5 Å². The van der Waals surface area contributed by atoms with Gasteiger partial charge in [0.15, 0.2) is 0 Å². The lowest BCUT2D eigenvalue weighted by molar-refractivity contribution is -0.138. The summed E-state index contributed by atoms with van der Waals surface area (Å²) in [7, 11) is 0. The van der Waals surface area contributed by atoms with Gasteiger partial charge in [-0.1, -0.05) is 28.1 Å². The first-order valence-corrected chi connectivity index (χ1v) is 9.15. The fourth-order valence-corrected chi connectivity index (χ4v) is 3.02. The van der Waals surface area contributed by atoms with Gasteiger partial charge < -0.3 is 14.5 Å². The van der Waals surface area contributed by atoms with Gasteiger partial charge in [0.25, 0.3) is 0 Å². The molecule has 0 saturated carbocycles. The predicted molar refractivity (Wildman–Crippen MR) is 110 cm³/mol. The van der Waals surface area contributed by atoms with E-state index >= 15 is 0 Å². The summed E-state index contributed by atoms with van der Waals surface area (Å²) in [5.74, 6) is -0.764. The summed E-state index contributed by atoms with van der Waals surface area (Å²) in [5.41, 5.74) is 1.61. The minimum atomic E-state index is -0.566. The van der Waals surface area contributed by atoms with Gasteiger partial charge >= 0.3 is 11.6 Å². The second-order valence-corrected chi connectivity index (χ2v) is 6.89. The summed E-state index contributed by atoms with van der Waals surface area (Å²) in [6.45, 7) is 1.31. The van der Waals surface area contributed by atoms with E-state index in [1.807, 2.05) is 24.3 Å². The average molecular weight is 442 g/mol. The van der Waals surface area contributed by atoms with Crippen LogP contribution in [0.5, 0.6) is 0 Å². The van der Waals surface area contributed by atoms with Crippen LogP contribution < -0.4 is 10.9 Å². The van der Waals surface area contributed by atoms with Crippen LogP contribution in [0.1, 0.15) is 18.1 Å². The van der Waals surface area contributed by atoms with Gasteiger partial charge in [0.05, 0.1) is 0 Å². The van der Waals surface area contributed by atoms with Crippen molar-refractivity contribution in [3.63, 3.8) is 0 Å². The van der Waals surface area contributed by atoms with Gasteiger partial charge in [0, 0.05) is 46.2 Å². The first-order chi connectivity index (χ1) is 13.4. The average Bonchev–Trinajstić information content (AvgIpc) is 2.63. The van der Waals surface area contributed by atoms with Crippen molar-refractivity contribution in [1.82, 2.24) is 0 Å². The van der Waals surface area contributed by atoms with Crippen molar-refractivity contribution in [3.8, 4) is 0 Å². The topological polar surface area (TPSA) is 85.6 Å². The second-order valence-electron chi connectivity index (χ2n) is 5.98. The normalized spacial score (nSPS) is 10.9. The monoisotopic (exact) mass is 441 g/mol. The summed E-state index contributed by atoms with van der Waals surface area (Å²) in [5, 5.41) is 3.25. The molecule has 7 heteroatoms. The molecule has 1 heterocycles. The number of rotatable bonds is 5. The zero-order valence-electron chi connectivity index (χ0n) is 14.9. The standard InChI is InChI=1S/C21H16BrNO5/c1-13(24)23-17-6-7-18-15(10-21(26)28-19(18)11-17)12-27-20(25)8-5-14-3-2-4-16(22)9-14/h2-11H,12H2,1H3,(H,23,24)/b8-5+. The largest absolute Gasteiger partial charge is 0.458 e. The third-order valence-corrected chi connectivity index (χ3v) is 4.27. The van der Waals surface area contributed by atoms with E-state index in [1.54, 1.807) is 24.3 Å². The van der Waals surface area contributed by atoms with Crippen molar-refractivity contribution < 1.29 is 18.7 Å². The fourth-order valence-electron chi connectivity index (χ4n) is 2.60. The molecular formula is C21H16BrNO5. The van der Waals surface area contributed by atoms with Crippen LogP contribution in [0.25, 0.3) is 17.0 Å². The first kappa shape index (κ1) is 19.6. The SMILES string of the molecule is CC(=O)Nc1ccc2c(COC(=O)/C=C/c3cccc(Br)c3)cc(=O)oc2c1. The Kier molecular flexibility index (Phi) is 6.06. The molecule has 0 saturated heterocycles. The number of fused-ring (bicyclic) bond motifs is 1. The Morgan fingerprint density at radius 3 is 2.75 bits per heavy atom. The zero-order chi connectivity index (χ0) is 20.1. The Morgan fingerprint density at radius 1 is 1.18 bits per heavy atom. The van der Waals surface area contributed by atoms with Crippen LogP contribution in [0, 0.1) is 0 Å². The molecule has 142 valence electrons. The molecule has 0 aliphatic carbocycles. The number of benzene rings is 2. The van der Waals surface area contributed by atoms with Crippen LogP contribution >= 0.6 is 15.9 Å². The first-order valence-electron chi connectivity index (χ1n) is 8.35. The highest BCUT2D eigenvalue weighted by atomic mass is 79.9. The van der Waals surface area contributed by atoms with Gasteiger partial charge in [-0.25, -0.2) is 9.59 Å². The van der Waals surface area contributed by atoms with E-state index in [9.17, 15) is 14.4 Å². The maximum atomic E-state index is 12.0. The van der Waals surface area contributed by atoms with Crippen molar-refractivity contribution in [2.45, 2.75) is 13.5 Å². The smallest absolute Gasteiger partial charge is 0.336 e. The summed E-state index contributed by atoms with van der Waals surface area (Å²) in [4.78, 5) is 35.0. The Hall–Kier alpha value is -3.19. The lowest BCUT2D eigenvalue weighted by atomic mass is 10.1. The quantitative estimate of drug-likeness (QED) is 0.363. The van der Waals surface area contributed by atoms with Gasteiger partial charge in [-0.15, -0.1) is 0 Å². The Balaban J connectivity index is 1.75. The van der Waals surface area contributed by atoms with Gasteiger partial charge in [-0.3, -0.25) is 4.79 Å². The van der Waals surface area contributed by atoms with Crippen molar-refractivity contribution in [2.24, 2.45) is 0 Å². The molecule has 0 radical (unpaired) electrons. The van der Waals surface area contributed by atoms with E-state index in [4.69, 9.17) is 9.15 Å².